The number of morpholine rings is 1. The Hall–Kier alpha value is -1.29. The first kappa shape index (κ1) is 20.4. The number of nitrogens with zero attached hydrogens (tertiary/aromatic N) is 1. The summed E-state index contributed by atoms with van der Waals surface area (Å²) in [5, 5.41) is 3.63. The van der Waals surface area contributed by atoms with Gasteiger partial charge in [0, 0.05) is 24.7 Å². The molecule has 3 rings (SSSR count). The standard InChI is InChI=1S/C18H26FN3O3S2/c19-15-2-4-16(5-3-15)20-18(26)22(17-6-13-27(23,24)14-17)8-1-7-21-9-11-25-12-10-21/h2-5,17H,1,6-14H2,(H,20,26)/p+1/t17-/m1/s1. The molecule has 2 aliphatic rings. The van der Waals surface area contributed by atoms with E-state index in [-0.39, 0.29) is 23.4 Å². The monoisotopic (exact) mass is 416 g/mol. The largest absolute Gasteiger partial charge is 0.370 e. The first-order chi connectivity index (χ1) is 12.9. The molecule has 0 unspecified atom stereocenters. The van der Waals surface area contributed by atoms with Gasteiger partial charge in [-0.15, -0.1) is 0 Å². The van der Waals surface area contributed by atoms with Crippen LogP contribution in [0.3, 0.4) is 0 Å². The number of hydrogen-bond acceptors (Lipinski definition) is 4. The minimum atomic E-state index is -3.00. The van der Waals surface area contributed by atoms with Crippen LogP contribution in [0.25, 0.3) is 0 Å². The molecule has 0 aromatic heterocycles. The van der Waals surface area contributed by atoms with Gasteiger partial charge in [0.2, 0.25) is 0 Å². The van der Waals surface area contributed by atoms with E-state index in [0.717, 1.165) is 39.3 Å². The molecule has 150 valence electrons. The van der Waals surface area contributed by atoms with Crippen molar-refractivity contribution in [1.82, 2.24) is 4.90 Å². The number of anilines is 1. The second-order valence-electron chi connectivity index (χ2n) is 7.15. The fourth-order valence-corrected chi connectivity index (χ4v) is 5.70. The summed E-state index contributed by atoms with van der Waals surface area (Å²) in [7, 11) is -3.00. The summed E-state index contributed by atoms with van der Waals surface area (Å²) in [6, 6.07) is 5.90. The second kappa shape index (κ2) is 9.27. The van der Waals surface area contributed by atoms with Gasteiger partial charge in [-0.25, -0.2) is 12.8 Å². The Morgan fingerprint density at radius 2 is 2.00 bits per heavy atom. The summed E-state index contributed by atoms with van der Waals surface area (Å²) >= 11 is 5.57. The van der Waals surface area contributed by atoms with Gasteiger partial charge in [0.25, 0.3) is 0 Å². The Morgan fingerprint density at radius 3 is 2.63 bits per heavy atom. The number of benzene rings is 1. The van der Waals surface area contributed by atoms with Crippen LogP contribution in [-0.2, 0) is 14.6 Å². The van der Waals surface area contributed by atoms with Crippen molar-refractivity contribution in [3.63, 3.8) is 0 Å². The molecule has 0 aliphatic carbocycles. The van der Waals surface area contributed by atoms with E-state index in [4.69, 9.17) is 17.0 Å². The summed E-state index contributed by atoms with van der Waals surface area (Å²) in [6.45, 7) is 5.33. The third kappa shape index (κ3) is 6.10. The lowest BCUT2D eigenvalue weighted by atomic mass is 10.2. The Balaban J connectivity index is 1.61. The SMILES string of the molecule is O=S1(=O)CC[C@@H](N(CCC[NH+]2CCOCC2)C(=S)Nc2ccc(F)cc2)C1. The van der Waals surface area contributed by atoms with Gasteiger partial charge in [-0.1, -0.05) is 0 Å². The lowest BCUT2D eigenvalue weighted by molar-refractivity contribution is -0.908. The lowest BCUT2D eigenvalue weighted by Crippen LogP contribution is -3.14. The van der Waals surface area contributed by atoms with Crippen molar-refractivity contribution in [1.29, 1.82) is 0 Å². The van der Waals surface area contributed by atoms with Crippen LogP contribution in [0.2, 0.25) is 0 Å². The highest BCUT2D eigenvalue weighted by Crippen LogP contribution is 2.20. The third-order valence-corrected chi connectivity index (χ3v) is 7.22. The molecule has 2 saturated heterocycles. The molecule has 0 radical (unpaired) electrons. The van der Waals surface area contributed by atoms with Crippen molar-refractivity contribution in [2.24, 2.45) is 0 Å². The summed E-state index contributed by atoms with van der Waals surface area (Å²) in [6.07, 6.45) is 1.52. The fraction of sp³-hybridized carbons (Fsp3) is 0.611. The van der Waals surface area contributed by atoms with E-state index in [0.29, 0.717) is 23.8 Å². The van der Waals surface area contributed by atoms with Crippen LogP contribution in [0.15, 0.2) is 24.3 Å². The number of hydrogen-bond donors (Lipinski definition) is 2. The highest BCUT2D eigenvalue weighted by atomic mass is 32.2. The fourth-order valence-electron chi connectivity index (χ4n) is 3.61. The molecular formula is C18H27FN3O3S2+. The molecule has 27 heavy (non-hydrogen) atoms. The van der Waals surface area contributed by atoms with Crippen LogP contribution < -0.4 is 10.2 Å². The number of rotatable bonds is 6. The average molecular weight is 417 g/mol. The topological polar surface area (TPSA) is 63.1 Å². The smallest absolute Gasteiger partial charge is 0.173 e. The first-order valence-corrected chi connectivity index (χ1v) is 11.6. The Morgan fingerprint density at radius 1 is 1.30 bits per heavy atom. The van der Waals surface area contributed by atoms with Gasteiger partial charge in [-0.2, -0.15) is 0 Å². The predicted molar refractivity (Wildman–Crippen MR) is 107 cm³/mol. The normalized spacial score (nSPS) is 22.5. The highest BCUT2D eigenvalue weighted by molar-refractivity contribution is 7.91. The molecule has 2 aliphatic heterocycles. The van der Waals surface area contributed by atoms with Crippen LogP contribution in [0.5, 0.6) is 0 Å². The molecule has 1 aromatic rings. The van der Waals surface area contributed by atoms with Crippen LogP contribution in [-0.4, -0.2) is 75.4 Å². The Kier molecular flexibility index (Phi) is 7.02. The first-order valence-electron chi connectivity index (χ1n) is 9.38. The Bertz CT molecular complexity index is 737. The van der Waals surface area contributed by atoms with Crippen molar-refractivity contribution < 1.29 is 22.4 Å². The summed E-state index contributed by atoms with van der Waals surface area (Å²) in [4.78, 5) is 3.51. The molecule has 2 heterocycles. The van der Waals surface area contributed by atoms with E-state index in [9.17, 15) is 12.8 Å². The maximum absolute atomic E-state index is 13.1. The maximum atomic E-state index is 13.1. The van der Waals surface area contributed by atoms with Crippen LogP contribution >= 0.6 is 12.2 Å². The quantitative estimate of drug-likeness (QED) is 0.652. The van der Waals surface area contributed by atoms with Crippen molar-refractivity contribution in [3.8, 4) is 0 Å². The third-order valence-electron chi connectivity index (χ3n) is 5.13. The van der Waals surface area contributed by atoms with Gasteiger partial charge >= 0.3 is 0 Å². The summed E-state index contributed by atoms with van der Waals surface area (Å²) < 4.78 is 42.4. The van der Waals surface area contributed by atoms with E-state index < -0.39 is 9.84 Å². The zero-order valence-corrected chi connectivity index (χ0v) is 17.0. The molecule has 0 saturated carbocycles. The van der Waals surface area contributed by atoms with Crippen LogP contribution in [0.4, 0.5) is 10.1 Å². The van der Waals surface area contributed by atoms with Gasteiger partial charge in [0.15, 0.2) is 14.9 Å². The molecule has 1 atom stereocenters. The molecule has 6 nitrogen and oxygen atoms in total. The molecular weight excluding hydrogens is 389 g/mol. The maximum Gasteiger partial charge on any atom is 0.173 e. The molecule has 2 N–H and O–H groups in total. The number of ether oxygens (including phenoxy) is 1. The molecule has 1 aromatic carbocycles. The van der Waals surface area contributed by atoms with Crippen molar-refractivity contribution in [3.05, 3.63) is 30.1 Å². The van der Waals surface area contributed by atoms with E-state index in [1.807, 2.05) is 4.90 Å². The zero-order chi connectivity index (χ0) is 19.3. The zero-order valence-electron chi connectivity index (χ0n) is 15.3. The number of halogens is 1. The van der Waals surface area contributed by atoms with Gasteiger partial charge in [-0.05, 0) is 42.9 Å². The van der Waals surface area contributed by atoms with Crippen LogP contribution in [0.1, 0.15) is 12.8 Å². The van der Waals surface area contributed by atoms with E-state index in [1.54, 1.807) is 12.1 Å². The summed E-state index contributed by atoms with van der Waals surface area (Å²) in [5.41, 5.74) is 0.700. The van der Waals surface area contributed by atoms with Crippen molar-refractivity contribution in [2.75, 3.05) is 56.2 Å². The second-order valence-corrected chi connectivity index (χ2v) is 9.77. The number of sulfone groups is 1. The Labute approximate surface area is 165 Å². The highest BCUT2D eigenvalue weighted by Gasteiger charge is 2.33. The van der Waals surface area contributed by atoms with Gasteiger partial charge in [-0.3, -0.25) is 0 Å². The molecule has 0 bridgehead atoms. The summed E-state index contributed by atoms with van der Waals surface area (Å²) in [5.74, 6) is 0.0451. The minimum absolute atomic E-state index is 0.102. The van der Waals surface area contributed by atoms with E-state index >= 15 is 0 Å². The molecule has 0 spiro atoms. The van der Waals surface area contributed by atoms with Gasteiger partial charge < -0.3 is 19.9 Å². The number of nitrogens with one attached hydrogen (secondary N) is 2. The number of quaternary nitrogens is 1. The lowest BCUT2D eigenvalue weighted by Gasteiger charge is -2.32. The van der Waals surface area contributed by atoms with Gasteiger partial charge in [0.05, 0.1) is 31.3 Å². The van der Waals surface area contributed by atoms with Crippen LogP contribution in [0, 0.1) is 5.82 Å². The predicted octanol–water partition coefficient (Wildman–Crippen LogP) is 0.317. The van der Waals surface area contributed by atoms with Gasteiger partial charge in [0.1, 0.15) is 18.9 Å². The molecule has 2 fully saturated rings. The molecule has 0 amide bonds. The number of thiocarbonyl (C=S) groups is 1. The van der Waals surface area contributed by atoms with E-state index in [2.05, 4.69) is 5.32 Å². The average Bonchev–Trinajstić information content (AvgIpc) is 3.01. The minimum Gasteiger partial charge on any atom is -0.370 e. The van der Waals surface area contributed by atoms with E-state index in [1.165, 1.54) is 17.0 Å². The molecule has 9 heteroatoms. The van der Waals surface area contributed by atoms with Crippen molar-refractivity contribution >= 4 is 32.9 Å². The van der Waals surface area contributed by atoms with Crippen molar-refractivity contribution in [2.45, 2.75) is 18.9 Å².